The Morgan fingerprint density at radius 3 is 2.72 bits per heavy atom. The highest BCUT2D eigenvalue weighted by Gasteiger charge is 2.38. The highest BCUT2D eigenvalue weighted by Crippen LogP contribution is 2.38. The van der Waals surface area contributed by atoms with Crippen molar-refractivity contribution in [1.82, 2.24) is 10.2 Å². The van der Waals surface area contributed by atoms with Crippen molar-refractivity contribution < 1.29 is 0 Å². The third kappa shape index (κ3) is 3.27. The molecule has 0 aromatic carbocycles. The largest absolute Gasteiger partial charge is 0.316 e. The number of nitrogens with one attached hydrogen (secondary N) is 1. The van der Waals surface area contributed by atoms with E-state index in [4.69, 9.17) is 0 Å². The van der Waals surface area contributed by atoms with Crippen molar-refractivity contribution in [3.05, 3.63) is 0 Å². The predicted molar refractivity (Wildman–Crippen MR) is 78.9 cm³/mol. The molecule has 2 heteroatoms. The third-order valence-corrected chi connectivity index (χ3v) is 5.29. The summed E-state index contributed by atoms with van der Waals surface area (Å²) in [7, 11) is 0. The van der Waals surface area contributed by atoms with Crippen LogP contribution in [0.5, 0.6) is 0 Å². The molecule has 0 aromatic rings. The Bertz CT molecular complexity index is 241. The number of nitrogens with zero attached hydrogens (tertiary/aromatic N) is 1. The molecule has 2 nitrogen and oxygen atoms in total. The van der Waals surface area contributed by atoms with Crippen molar-refractivity contribution in [2.24, 2.45) is 11.8 Å². The summed E-state index contributed by atoms with van der Waals surface area (Å²) in [6, 6.07) is 1.67. The van der Waals surface area contributed by atoms with E-state index in [2.05, 4.69) is 31.0 Å². The minimum Gasteiger partial charge on any atom is -0.316 e. The fraction of sp³-hybridized carbons (Fsp3) is 1.00. The molecule has 106 valence electrons. The average molecular weight is 252 g/mol. The van der Waals surface area contributed by atoms with Gasteiger partial charge in [-0.1, -0.05) is 26.7 Å². The van der Waals surface area contributed by atoms with E-state index in [0.717, 1.165) is 23.9 Å². The monoisotopic (exact) mass is 252 g/mol. The molecule has 1 N–H and O–H groups in total. The molecule has 1 saturated carbocycles. The number of likely N-dealkylation sites (tertiary alicyclic amines) is 1. The van der Waals surface area contributed by atoms with Gasteiger partial charge in [-0.05, 0) is 64.1 Å². The number of hydrogen-bond donors (Lipinski definition) is 1. The van der Waals surface area contributed by atoms with Crippen LogP contribution < -0.4 is 5.32 Å². The Labute approximate surface area is 114 Å². The smallest absolute Gasteiger partial charge is 0.0127 e. The van der Waals surface area contributed by atoms with Gasteiger partial charge in [0, 0.05) is 12.1 Å². The van der Waals surface area contributed by atoms with Crippen molar-refractivity contribution in [3.8, 4) is 0 Å². The number of hydrogen-bond acceptors (Lipinski definition) is 2. The summed E-state index contributed by atoms with van der Waals surface area (Å²) in [6.07, 6.45) is 8.62. The summed E-state index contributed by atoms with van der Waals surface area (Å²) in [4.78, 5) is 2.84. The maximum Gasteiger partial charge on any atom is 0.0127 e. The van der Waals surface area contributed by atoms with Crippen molar-refractivity contribution in [2.75, 3.05) is 19.6 Å². The van der Waals surface area contributed by atoms with Crippen molar-refractivity contribution in [1.29, 1.82) is 0 Å². The maximum absolute atomic E-state index is 3.58. The van der Waals surface area contributed by atoms with E-state index in [0.29, 0.717) is 0 Å². The van der Waals surface area contributed by atoms with Crippen LogP contribution in [0.25, 0.3) is 0 Å². The number of rotatable bonds is 6. The molecule has 4 unspecified atom stereocenters. The zero-order valence-electron chi connectivity index (χ0n) is 12.6. The van der Waals surface area contributed by atoms with Gasteiger partial charge in [-0.3, -0.25) is 4.90 Å². The first-order chi connectivity index (χ1) is 8.74. The molecule has 1 aliphatic heterocycles. The SMILES string of the molecule is CCCNCC(C)C(C)N1CCC2CCCCC21. The minimum atomic E-state index is 0.752. The summed E-state index contributed by atoms with van der Waals surface area (Å²) in [5, 5.41) is 3.58. The molecule has 18 heavy (non-hydrogen) atoms. The zero-order valence-corrected chi connectivity index (χ0v) is 12.6. The number of fused-ring (bicyclic) bond motifs is 1. The summed E-state index contributed by atoms with van der Waals surface area (Å²) in [6.45, 7) is 10.8. The second-order valence-electron chi connectivity index (χ2n) is 6.56. The Balaban J connectivity index is 1.82. The van der Waals surface area contributed by atoms with E-state index in [1.807, 2.05) is 0 Å². The van der Waals surface area contributed by atoms with Gasteiger partial charge in [-0.15, -0.1) is 0 Å². The fourth-order valence-corrected chi connectivity index (χ4v) is 3.95. The molecular weight excluding hydrogens is 220 g/mol. The highest BCUT2D eigenvalue weighted by atomic mass is 15.2. The van der Waals surface area contributed by atoms with E-state index in [-0.39, 0.29) is 0 Å². The van der Waals surface area contributed by atoms with Crippen molar-refractivity contribution >= 4 is 0 Å². The minimum absolute atomic E-state index is 0.752. The lowest BCUT2D eigenvalue weighted by molar-refractivity contribution is 0.109. The standard InChI is InChI=1S/C16H32N2/c1-4-10-17-12-13(2)14(3)18-11-9-15-7-5-6-8-16(15)18/h13-17H,4-12H2,1-3H3. The Morgan fingerprint density at radius 1 is 1.17 bits per heavy atom. The maximum atomic E-state index is 3.58. The first kappa shape index (κ1) is 14.3. The van der Waals surface area contributed by atoms with Gasteiger partial charge >= 0.3 is 0 Å². The first-order valence-electron chi connectivity index (χ1n) is 8.20. The molecule has 0 bridgehead atoms. The van der Waals surface area contributed by atoms with E-state index in [9.17, 15) is 0 Å². The quantitative estimate of drug-likeness (QED) is 0.730. The van der Waals surface area contributed by atoms with Crippen LogP contribution in [0.4, 0.5) is 0 Å². The van der Waals surface area contributed by atoms with Gasteiger partial charge < -0.3 is 5.32 Å². The van der Waals surface area contributed by atoms with Gasteiger partial charge in [0.2, 0.25) is 0 Å². The van der Waals surface area contributed by atoms with Gasteiger partial charge in [-0.2, -0.15) is 0 Å². The molecule has 2 aliphatic rings. The van der Waals surface area contributed by atoms with Crippen LogP contribution in [0.1, 0.15) is 59.3 Å². The molecule has 2 fully saturated rings. The molecule has 4 atom stereocenters. The van der Waals surface area contributed by atoms with Gasteiger partial charge in [0.15, 0.2) is 0 Å². The highest BCUT2D eigenvalue weighted by molar-refractivity contribution is 4.93. The van der Waals surface area contributed by atoms with Crippen LogP contribution in [-0.4, -0.2) is 36.6 Å². The molecule has 0 radical (unpaired) electrons. The zero-order chi connectivity index (χ0) is 13.0. The Hall–Kier alpha value is -0.0800. The van der Waals surface area contributed by atoms with E-state index < -0.39 is 0 Å². The predicted octanol–water partition coefficient (Wildman–Crippen LogP) is 3.28. The summed E-state index contributed by atoms with van der Waals surface area (Å²) >= 11 is 0. The molecule has 0 aromatic heterocycles. The summed E-state index contributed by atoms with van der Waals surface area (Å²) in [5.74, 6) is 1.80. The molecule has 1 heterocycles. The van der Waals surface area contributed by atoms with Crippen LogP contribution >= 0.6 is 0 Å². The lowest BCUT2D eigenvalue weighted by Crippen LogP contribution is -2.45. The second-order valence-corrected chi connectivity index (χ2v) is 6.56. The van der Waals surface area contributed by atoms with Gasteiger partial charge in [0.1, 0.15) is 0 Å². The molecule has 1 aliphatic carbocycles. The van der Waals surface area contributed by atoms with Crippen LogP contribution in [0.2, 0.25) is 0 Å². The van der Waals surface area contributed by atoms with E-state index in [1.54, 1.807) is 0 Å². The third-order valence-electron chi connectivity index (χ3n) is 5.29. The fourth-order valence-electron chi connectivity index (χ4n) is 3.95. The molecule has 2 rings (SSSR count). The Morgan fingerprint density at radius 2 is 1.94 bits per heavy atom. The van der Waals surface area contributed by atoms with Crippen LogP contribution in [-0.2, 0) is 0 Å². The van der Waals surface area contributed by atoms with Gasteiger partial charge in [0.25, 0.3) is 0 Å². The lowest BCUT2D eigenvalue weighted by atomic mass is 9.84. The van der Waals surface area contributed by atoms with Crippen LogP contribution in [0.3, 0.4) is 0 Å². The van der Waals surface area contributed by atoms with Crippen molar-refractivity contribution in [2.45, 2.75) is 71.4 Å². The molecule has 0 amide bonds. The van der Waals surface area contributed by atoms with Gasteiger partial charge in [0.05, 0.1) is 0 Å². The van der Waals surface area contributed by atoms with E-state index in [1.165, 1.54) is 58.2 Å². The average Bonchev–Trinajstić information content (AvgIpc) is 2.82. The molecule has 1 saturated heterocycles. The first-order valence-corrected chi connectivity index (χ1v) is 8.20. The van der Waals surface area contributed by atoms with E-state index >= 15 is 0 Å². The Kier molecular flexibility index (Phi) is 5.50. The van der Waals surface area contributed by atoms with Crippen molar-refractivity contribution in [3.63, 3.8) is 0 Å². The lowest BCUT2D eigenvalue weighted by Gasteiger charge is -2.38. The second kappa shape index (κ2) is 6.91. The normalized spacial score (nSPS) is 32.2. The van der Waals surface area contributed by atoms with Crippen LogP contribution in [0, 0.1) is 11.8 Å². The molecular formula is C16H32N2. The summed E-state index contributed by atoms with van der Waals surface area (Å²) < 4.78 is 0. The molecule has 0 spiro atoms. The topological polar surface area (TPSA) is 15.3 Å². The van der Waals surface area contributed by atoms with Gasteiger partial charge in [-0.25, -0.2) is 0 Å². The summed E-state index contributed by atoms with van der Waals surface area (Å²) in [5.41, 5.74) is 0. The van der Waals surface area contributed by atoms with Crippen LogP contribution in [0.15, 0.2) is 0 Å².